The van der Waals surface area contributed by atoms with E-state index in [9.17, 15) is 22.7 Å². The van der Waals surface area contributed by atoms with Gasteiger partial charge in [0.05, 0.1) is 11.5 Å². The summed E-state index contributed by atoms with van der Waals surface area (Å²) < 4.78 is 37.3. The van der Waals surface area contributed by atoms with E-state index >= 15 is 0 Å². The molecule has 0 aromatic heterocycles. The van der Waals surface area contributed by atoms with Crippen LogP contribution in [0.1, 0.15) is 11.6 Å². The molecule has 0 amide bonds. The molecular weight excluding hydrogens is 333 g/mol. The number of carbonyl (C=O) groups is 1. The zero-order chi connectivity index (χ0) is 16.1. The van der Waals surface area contributed by atoms with E-state index in [1.54, 1.807) is 4.90 Å². The third kappa shape index (κ3) is 2.73. The van der Waals surface area contributed by atoms with Gasteiger partial charge in [-0.2, -0.15) is 0 Å². The molecule has 1 N–H and O–H groups in total. The largest absolute Gasteiger partial charge is 0.480 e. The Bertz CT molecular complexity index is 683. The van der Waals surface area contributed by atoms with Gasteiger partial charge in [0.1, 0.15) is 11.9 Å². The second-order valence-electron chi connectivity index (χ2n) is 5.93. The van der Waals surface area contributed by atoms with Crippen LogP contribution in [0.5, 0.6) is 0 Å². The number of aliphatic carboxylic acids is 1. The Morgan fingerprint density at radius 1 is 1.32 bits per heavy atom. The number of halogens is 2. The molecule has 0 spiro atoms. The first kappa shape index (κ1) is 15.7. The fourth-order valence-electron chi connectivity index (χ4n) is 3.52. The summed E-state index contributed by atoms with van der Waals surface area (Å²) in [5.74, 6) is -1.87. The van der Waals surface area contributed by atoms with Crippen LogP contribution in [0.15, 0.2) is 18.2 Å². The molecule has 1 aromatic rings. The summed E-state index contributed by atoms with van der Waals surface area (Å²) in [5, 5.41) is 9.58. The Kier molecular flexibility index (Phi) is 3.91. The maximum absolute atomic E-state index is 14.1. The van der Waals surface area contributed by atoms with Gasteiger partial charge < -0.3 is 5.11 Å². The van der Waals surface area contributed by atoms with E-state index in [0.717, 1.165) is 0 Å². The zero-order valence-electron chi connectivity index (χ0n) is 11.6. The molecule has 0 saturated carbocycles. The Morgan fingerprint density at radius 2 is 1.91 bits per heavy atom. The highest BCUT2D eigenvalue weighted by molar-refractivity contribution is 7.91. The molecule has 0 radical (unpaired) electrons. The van der Waals surface area contributed by atoms with Crippen LogP contribution in [-0.2, 0) is 14.6 Å². The van der Waals surface area contributed by atoms with Crippen molar-refractivity contribution < 1.29 is 22.7 Å². The third-order valence-electron chi connectivity index (χ3n) is 4.41. The average Bonchev–Trinajstić information content (AvgIpc) is 2.86. The summed E-state index contributed by atoms with van der Waals surface area (Å²) >= 11 is 5.99. The smallest absolute Gasteiger partial charge is 0.325 e. The highest BCUT2D eigenvalue weighted by Crippen LogP contribution is 2.39. The van der Waals surface area contributed by atoms with Gasteiger partial charge in [-0.05, 0) is 24.0 Å². The fourth-order valence-corrected chi connectivity index (χ4v) is 5.98. The number of sulfone groups is 1. The van der Waals surface area contributed by atoms with Gasteiger partial charge >= 0.3 is 5.97 Å². The van der Waals surface area contributed by atoms with Crippen molar-refractivity contribution in [2.45, 2.75) is 6.04 Å². The molecule has 2 saturated heterocycles. The summed E-state index contributed by atoms with van der Waals surface area (Å²) in [6.45, 7) is 0.650. The van der Waals surface area contributed by atoms with E-state index in [1.165, 1.54) is 18.2 Å². The first-order valence-corrected chi connectivity index (χ1v) is 9.09. The normalized spacial score (nSPS) is 28.5. The summed E-state index contributed by atoms with van der Waals surface area (Å²) in [6.07, 6.45) is 0. The number of hydrogen-bond acceptors (Lipinski definition) is 4. The van der Waals surface area contributed by atoms with Gasteiger partial charge in [0.2, 0.25) is 0 Å². The predicted molar refractivity (Wildman–Crippen MR) is 79.0 cm³/mol. The molecule has 3 atom stereocenters. The van der Waals surface area contributed by atoms with Crippen molar-refractivity contribution in [1.82, 2.24) is 4.90 Å². The number of fused-ring (bicyclic) bond motifs is 1. The van der Waals surface area contributed by atoms with Gasteiger partial charge in [-0.25, -0.2) is 12.8 Å². The van der Waals surface area contributed by atoms with E-state index in [2.05, 4.69) is 0 Å². The monoisotopic (exact) mass is 347 g/mol. The Balaban J connectivity index is 1.90. The summed E-state index contributed by atoms with van der Waals surface area (Å²) in [5.41, 5.74) is -0.0560. The van der Waals surface area contributed by atoms with E-state index < -0.39 is 27.7 Å². The van der Waals surface area contributed by atoms with Crippen LogP contribution in [0.3, 0.4) is 0 Å². The van der Waals surface area contributed by atoms with Gasteiger partial charge in [0.15, 0.2) is 9.84 Å². The van der Waals surface area contributed by atoms with E-state index in [4.69, 9.17) is 11.6 Å². The molecule has 5 nitrogen and oxygen atoms in total. The highest BCUT2D eigenvalue weighted by Gasteiger charge is 2.47. The SMILES string of the molecule is O=C(O)C(c1c(F)cccc1Cl)N1C[C@@H]2CS(=O)(=O)C[C@@H]2C1. The van der Waals surface area contributed by atoms with Gasteiger partial charge in [-0.3, -0.25) is 9.69 Å². The minimum Gasteiger partial charge on any atom is -0.480 e. The number of benzene rings is 1. The lowest BCUT2D eigenvalue weighted by Crippen LogP contribution is -2.35. The molecule has 2 aliphatic heterocycles. The molecule has 120 valence electrons. The van der Waals surface area contributed by atoms with Crippen LogP contribution in [0.4, 0.5) is 4.39 Å². The van der Waals surface area contributed by atoms with Crippen molar-refractivity contribution >= 4 is 27.4 Å². The first-order valence-electron chi connectivity index (χ1n) is 6.89. The molecule has 0 bridgehead atoms. The zero-order valence-corrected chi connectivity index (χ0v) is 13.1. The fraction of sp³-hybridized carbons (Fsp3) is 0.500. The summed E-state index contributed by atoms with van der Waals surface area (Å²) in [6, 6.07) is 2.86. The molecule has 1 unspecified atom stereocenters. The molecule has 2 fully saturated rings. The number of likely N-dealkylation sites (tertiary alicyclic amines) is 1. The van der Waals surface area contributed by atoms with Crippen molar-refractivity contribution in [3.05, 3.63) is 34.6 Å². The Morgan fingerprint density at radius 3 is 2.41 bits per heavy atom. The van der Waals surface area contributed by atoms with Crippen LogP contribution in [-0.4, -0.2) is 49.0 Å². The number of rotatable bonds is 3. The molecular formula is C14H15ClFNO4S. The van der Waals surface area contributed by atoms with E-state index in [-0.39, 0.29) is 33.9 Å². The lowest BCUT2D eigenvalue weighted by atomic mass is 10.0. The lowest BCUT2D eigenvalue weighted by Gasteiger charge is -2.26. The van der Waals surface area contributed by atoms with Crippen LogP contribution < -0.4 is 0 Å². The molecule has 0 aliphatic carbocycles. The van der Waals surface area contributed by atoms with Crippen molar-refractivity contribution in [2.75, 3.05) is 24.6 Å². The number of hydrogen-bond donors (Lipinski definition) is 1. The van der Waals surface area contributed by atoms with Gasteiger partial charge in [0.25, 0.3) is 0 Å². The molecule has 2 aliphatic rings. The number of carboxylic acid groups (broad SMARTS) is 1. The number of nitrogens with zero attached hydrogens (tertiary/aromatic N) is 1. The maximum atomic E-state index is 14.1. The van der Waals surface area contributed by atoms with Crippen LogP contribution in [0.25, 0.3) is 0 Å². The van der Waals surface area contributed by atoms with Crippen LogP contribution >= 0.6 is 11.6 Å². The maximum Gasteiger partial charge on any atom is 0.325 e. The second-order valence-corrected chi connectivity index (χ2v) is 8.49. The van der Waals surface area contributed by atoms with Crippen molar-refractivity contribution in [3.63, 3.8) is 0 Å². The summed E-state index contributed by atoms with van der Waals surface area (Å²) in [4.78, 5) is 13.3. The topological polar surface area (TPSA) is 74.7 Å². The van der Waals surface area contributed by atoms with Crippen LogP contribution in [0.2, 0.25) is 5.02 Å². The Hall–Kier alpha value is -1.18. The van der Waals surface area contributed by atoms with Crippen molar-refractivity contribution in [3.8, 4) is 0 Å². The number of carboxylic acids is 1. The molecule has 22 heavy (non-hydrogen) atoms. The highest BCUT2D eigenvalue weighted by atomic mass is 35.5. The lowest BCUT2D eigenvalue weighted by molar-refractivity contribution is -0.143. The average molecular weight is 348 g/mol. The van der Waals surface area contributed by atoms with Crippen LogP contribution in [0, 0.1) is 17.7 Å². The van der Waals surface area contributed by atoms with E-state index in [0.29, 0.717) is 13.1 Å². The molecule has 1 aromatic carbocycles. The standard InChI is InChI=1S/C14H15ClFNO4S/c15-10-2-1-3-11(16)12(10)13(14(18)19)17-4-8-6-22(20,21)7-9(8)5-17/h1-3,8-9,13H,4-7H2,(H,18,19)/t8-,9+,13?. The van der Waals surface area contributed by atoms with Crippen molar-refractivity contribution in [1.29, 1.82) is 0 Å². The van der Waals surface area contributed by atoms with Gasteiger partial charge in [-0.1, -0.05) is 17.7 Å². The molecule has 2 heterocycles. The minimum absolute atomic E-state index is 0.0560. The molecule has 8 heteroatoms. The minimum atomic E-state index is -3.03. The molecule has 3 rings (SSSR count). The quantitative estimate of drug-likeness (QED) is 0.898. The summed E-state index contributed by atoms with van der Waals surface area (Å²) in [7, 11) is -3.03. The van der Waals surface area contributed by atoms with Crippen molar-refractivity contribution in [2.24, 2.45) is 11.8 Å². The van der Waals surface area contributed by atoms with Gasteiger partial charge in [-0.15, -0.1) is 0 Å². The third-order valence-corrected chi connectivity index (χ3v) is 6.61. The van der Waals surface area contributed by atoms with E-state index in [1.807, 2.05) is 0 Å². The predicted octanol–water partition coefficient (Wildman–Crippen LogP) is 1.58. The first-order chi connectivity index (χ1) is 10.3. The Labute approximate surface area is 132 Å². The second kappa shape index (κ2) is 5.47. The van der Waals surface area contributed by atoms with Gasteiger partial charge in [0, 0.05) is 23.7 Å².